The van der Waals surface area contributed by atoms with E-state index in [4.69, 9.17) is 11.6 Å². The van der Waals surface area contributed by atoms with E-state index < -0.39 is 27.6 Å². The Morgan fingerprint density at radius 2 is 1.96 bits per heavy atom. The smallest absolute Gasteiger partial charge is 0.261 e. The molecule has 4 nitrogen and oxygen atoms in total. The van der Waals surface area contributed by atoms with Crippen molar-refractivity contribution in [1.82, 2.24) is 0 Å². The molecule has 7 heteroatoms. The van der Waals surface area contributed by atoms with Crippen LogP contribution in [0.2, 0.25) is 5.02 Å². The second-order valence-electron chi connectivity index (χ2n) is 5.81. The molecule has 2 aromatic rings. The first-order chi connectivity index (χ1) is 11.8. The number of hydrogen-bond acceptors (Lipinski definition) is 3. The zero-order valence-corrected chi connectivity index (χ0v) is 14.9. The normalized spacial score (nSPS) is 18.3. The summed E-state index contributed by atoms with van der Waals surface area (Å²) in [4.78, 5) is 14.2. The van der Waals surface area contributed by atoms with Crippen molar-refractivity contribution in [2.45, 2.75) is 13.0 Å². The topological polar surface area (TPSA) is 54.5 Å². The summed E-state index contributed by atoms with van der Waals surface area (Å²) in [6.45, 7) is 1.81. The number of carbonyl (C=O) groups excluding carboxylic acids is 1. The highest BCUT2D eigenvalue weighted by Gasteiger charge is 2.33. The molecule has 3 rings (SSSR count). The number of sulfone groups is 1. The molecular weight excluding hydrogens is 365 g/mol. The summed E-state index contributed by atoms with van der Waals surface area (Å²) in [5.74, 6) is -1.54. The average molecular weight is 380 g/mol. The van der Waals surface area contributed by atoms with Gasteiger partial charge >= 0.3 is 0 Å². The monoisotopic (exact) mass is 379 g/mol. The summed E-state index contributed by atoms with van der Waals surface area (Å²) in [5, 5.41) is 1.52. The van der Waals surface area contributed by atoms with Crippen LogP contribution in [0.15, 0.2) is 53.9 Å². The minimum Gasteiger partial charge on any atom is -0.300 e. The molecule has 1 atom stereocenters. The maximum absolute atomic E-state index is 14.1. The van der Waals surface area contributed by atoms with Gasteiger partial charge in [-0.3, -0.25) is 4.79 Å². The van der Waals surface area contributed by atoms with Crippen molar-refractivity contribution in [3.63, 3.8) is 0 Å². The molecule has 0 fully saturated rings. The van der Waals surface area contributed by atoms with Crippen molar-refractivity contribution in [2.75, 3.05) is 10.7 Å². The summed E-state index contributed by atoms with van der Waals surface area (Å²) in [6, 6.07) is 9.84. The number of benzene rings is 2. The van der Waals surface area contributed by atoms with Crippen LogP contribution in [-0.2, 0) is 9.84 Å². The zero-order chi connectivity index (χ0) is 18.2. The largest absolute Gasteiger partial charge is 0.300 e. The number of rotatable bonds is 3. The van der Waals surface area contributed by atoms with Crippen LogP contribution in [0.25, 0.3) is 0 Å². The highest BCUT2D eigenvalue weighted by molar-refractivity contribution is 7.94. The Kier molecular flexibility index (Phi) is 4.67. The summed E-state index contributed by atoms with van der Waals surface area (Å²) >= 11 is 6.15. The van der Waals surface area contributed by atoms with E-state index in [1.807, 2.05) is 6.92 Å². The van der Waals surface area contributed by atoms with Gasteiger partial charge in [0.05, 0.1) is 17.4 Å². The van der Waals surface area contributed by atoms with Crippen LogP contribution in [0, 0.1) is 12.7 Å². The SMILES string of the molecule is Cc1ccc(N(C(=O)c2ccccc2F)[C@H]2C=CS(=O)(=O)C2)cc1Cl. The Morgan fingerprint density at radius 3 is 2.56 bits per heavy atom. The Bertz CT molecular complexity index is 972. The van der Waals surface area contributed by atoms with Crippen molar-refractivity contribution in [2.24, 2.45) is 0 Å². The van der Waals surface area contributed by atoms with Crippen LogP contribution in [0.4, 0.5) is 10.1 Å². The van der Waals surface area contributed by atoms with Gasteiger partial charge in [0.1, 0.15) is 5.82 Å². The van der Waals surface area contributed by atoms with E-state index in [2.05, 4.69) is 0 Å². The maximum atomic E-state index is 14.1. The average Bonchev–Trinajstić information content (AvgIpc) is 2.91. The van der Waals surface area contributed by atoms with Crippen molar-refractivity contribution >= 4 is 33.0 Å². The van der Waals surface area contributed by atoms with Gasteiger partial charge in [-0.15, -0.1) is 0 Å². The van der Waals surface area contributed by atoms with Crippen LogP contribution in [0.3, 0.4) is 0 Å². The molecule has 1 aliphatic heterocycles. The fourth-order valence-corrected chi connectivity index (χ4v) is 4.12. The molecule has 25 heavy (non-hydrogen) atoms. The molecule has 0 radical (unpaired) electrons. The third-order valence-electron chi connectivity index (χ3n) is 4.00. The molecule has 0 spiro atoms. The highest BCUT2D eigenvalue weighted by atomic mass is 35.5. The number of anilines is 1. The van der Waals surface area contributed by atoms with Crippen molar-refractivity contribution < 1.29 is 17.6 Å². The second kappa shape index (κ2) is 6.61. The minimum atomic E-state index is -3.39. The standard InChI is InChI=1S/C18H15ClFNO3S/c1-12-6-7-13(10-16(12)19)21(14-8-9-25(23,24)11-14)18(22)15-4-2-3-5-17(15)20/h2-10,14H,11H2,1H3/t14-/m0/s1. The Morgan fingerprint density at radius 1 is 1.24 bits per heavy atom. The summed E-state index contributed by atoms with van der Waals surface area (Å²) in [5.41, 5.74) is 1.10. The Labute approximate surface area is 150 Å². The predicted octanol–water partition coefficient (Wildman–Crippen LogP) is 3.75. The predicted molar refractivity (Wildman–Crippen MR) is 96.1 cm³/mol. The fourth-order valence-electron chi connectivity index (χ4n) is 2.68. The Hall–Kier alpha value is -2.18. The molecule has 0 bridgehead atoms. The number of nitrogens with zero attached hydrogens (tertiary/aromatic N) is 1. The first kappa shape index (κ1) is 17.6. The van der Waals surface area contributed by atoms with Gasteiger partial charge in [0, 0.05) is 16.1 Å². The van der Waals surface area contributed by atoms with Crippen LogP contribution in [0.1, 0.15) is 15.9 Å². The molecule has 1 amide bonds. The van der Waals surface area contributed by atoms with E-state index in [-0.39, 0.29) is 11.3 Å². The molecule has 0 aromatic heterocycles. The summed E-state index contributed by atoms with van der Waals surface area (Å²) in [7, 11) is -3.39. The lowest BCUT2D eigenvalue weighted by Gasteiger charge is -2.28. The molecule has 1 aliphatic rings. The van der Waals surface area contributed by atoms with E-state index in [0.717, 1.165) is 11.0 Å². The lowest BCUT2D eigenvalue weighted by molar-refractivity contribution is 0.0979. The van der Waals surface area contributed by atoms with Crippen molar-refractivity contribution in [1.29, 1.82) is 0 Å². The van der Waals surface area contributed by atoms with E-state index in [9.17, 15) is 17.6 Å². The number of amides is 1. The van der Waals surface area contributed by atoms with Gasteiger partial charge in [0.2, 0.25) is 0 Å². The summed E-state index contributed by atoms with van der Waals surface area (Å²) in [6.07, 6.45) is 1.43. The first-order valence-corrected chi connectivity index (χ1v) is 9.63. The Balaban J connectivity index is 2.09. The van der Waals surface area contributed by atoms with Crippen LogP contribution >= 0.6 is 11.6 Å². The van der Waals surface area contributed by atoms with Gasteiger partial charge in [-0.05, 0) is 42.8 Å². The molecule has 0 unspecified atom stereocenters. The second-order valence-corrected chi connectivity index (χ2v) is 8.15. The fraction of sp³-hybridized carbons (Fsp3) is 0.167. The molecule has 130 valence electrons. The number of halogens is 2. The van der Waals surface area contributed by atoms with Crippen molar-refractivity contribution in [3.05, 3.63) is 75.9 Å². The van der Waals surface area contributed by atoms with Crippen LogP contribution < -0.4 is 4.90 Å². The number of aryl methyl sites for hydroxylation is 1. The highest BCUT2D eigenvalue weighted by Crippen LogP contribution is 2.29. The van der Waals surface area contributed by atoms with E-state index in [0.29, 0.717) is 10.7 Å². The third kappa shape index (κ3) is 3.60. The number of hydrogen-bond donors (Lipinski definition) is 0. The zero-order valence-electron chi connectivity index (χ0n) is 13.3. The molecule has 0 saturated carbocycles. The molecule has 0 saturated heterocycles. The summed E-state index contributed by atoms with van der Waals surface area (Å²) < 4.78 is 37.7. The van der Waals surface area contributed by atoms with Crippen molar-refractivity contribution in [3.8, 4) is 0 Å². The molecule has 2 aromatic carbocycles. The quantitative estimate of drug-likeness (QED) is 0.816. The van der Waals surface area contributed by atoms with E-state index >= 15 is 0 Å². The number of carbonyl (C=O) groups is 1. The maximum Gasteiger partial charge on any atom is 0.261 e. The molecule has 0 N–H and O–H groups in total. The van der Waals surface area contributed by atoms with Gasteiger partial charge in [-0.2, -0.15) is 0 Å². The van der Waals surface area contributed by atoms with Gasteiger partial charge in [0.15, 0.2) is 9.84 Å². The molecule has 1 heterocycles. The first-order valence-electron chi connectivity index (χ1n) is 7.54. The van der Waals surface area contributed by atoms with Gasteiger partial charge in [-0.25, -0.2) is 12.8 Å². The van der Waals surface area contributed by atoms with Crippen LogP contribution in [0.5, 0.6) is 0 Å². The van der Waals surface area contributed by atoms with Gasteiger partial charge in [0.25, 0.3) is 5.91 Å². The van der Waals surface area contributed by atoms with E-state index in [1.165, 1.54) is 29.2 Å². The van der Waals surface area contributed by atoms with Crippen LogP contribution in [-0.4, -0.2) is 26.1 Å². The lowest BCUT2D eigenvalue weighted by Crippen LogP contribution is -2.41. The third-order valence-corrected chi connectivity index (χ3v) is 5.78. The lowest BCUT2D eigenvalue weighted by atomic mass is 10.1. The molecule has 0 aliphatic carbocycles. The minimum absolute atomic E-state index is 0.128. The van der Waals surface area contributed by atoms with Gasteiger partial charge in [-0.1, -0.05) is 29.8 Å². The van der Waals surface area contributed by atoms with Gasteiger partial charge < -0.3 is 4.90 Å². The molecular formula is C18H15ClFNO3S. The van der Waals surface area contributed by atoms with E-state index in [1.54, 1.807) is 24.3 Å².